The first kappa shape index (κ1) is 13.3. The van der Waals surface area contributed by atoms with Gasteiger partial charge in [-0.25, -0.2) is 0 Å². The maximum Gasteiger partial charge on any atom is 0.0257 e. The molecule has 3 nitrogen and oxygen atoms in total. The fourth-order valence-electron chi connectivity index (χ4n) is 3.52. The van der Waals surface area contributed by atoms with Gasteiger partial charge in [0.1, 0.15) is 0 Å². The molecule has 0 amide bonds. The second-order valence-corrected chi connectivity index (χ2v) is 6.35. The normalized spacial score (nSPS) is 28.8. The van der Waals surface area contributed by atoms with Gasteiger partial charge in [-0.3, -0.25) is 4.90 Å². The lowest BCUT2D eigenvalue weighted by Gasteiger charge is -2.53. The average molecular weight is 239 g/mol. The van der Waals surface area contributed by atoms with Gasteiger partial charge < -0.3 is 9.80 Å². The van der Waals surface area contributed by atoms with Crippen molar-refractivity contribution < 1.29 is 0 Å². The van der Waals surface area contributed by atoms with Crippen LogP contribution in [0.4, 0.5) is 0 Å². The topological polar surface area (TPSA) is 9.72 Å². The van der Waals surface area contributed by atoms with Gasteiger partial charge in [0.15, 0.2) is 0 Å². The molecule has 2 heterocycles. The molecule has 0 unspecified atom stereocenters. The molecule has 2 aliphatic rings. The largest absolute Gasteiger partial charge is 0.306 e. The highest BCUT2D eigenvalue weighted by Gasteiger charge is 2.42. The summed E-state index contributed by atoms with van der Waals surface area (Å²) in [5.74, 6) is 0.777. The molecular weight excluding hydrogens is 210 g/mol. The lowest BCUT2D eigenvalue weighted by molar-refractivity contribution is -0.0310. The summed E-state index contributed by atoms with van der Waals surface area (Å²) in [4.78, 5) is 7.74. The van der Waals surface area contributed by atoms with E-state index in [9.17, 15) is 0 Å². The van der Waals surface area contributed by atoms with Crippen LogP contribution >= 0.6 is 0 Å². The van der Waals surface area contributed by atoms with Crippen LogP contribution in [-0.2, 0) is 0 Å². The van der Waals surface area contributed by atoms with Gasteiger partial charge in [0.2, 0.25) is 0 Å². The maximum atomic E-state index is 2.80. The van der Waals surface area contributed by atoms with Gasteiger partial charge >= 0.3 is 0 Å². The van der Waals surface area contributed by atoms with Gasteiger partial charge in [-0.2, -0.15) is 0 Å². The molecule has 3 heteroatoms. The maximum absolute atomic E-state index is 2.80. The molecule has 17 heavy (non-hydrogen) atoms. The van der Waals surface area contributed by atoms with Crippen molar-refractivity contribution in [2.75, 3.05) is 53.4 Å². The fourth-order valence-corrected chi connectivity index (χ4v) is 3.52. The molecule has 0 N–H and O–H groups in total. The molecule has 0 radical (unpaired) electrons. The highest BCUT2D eigenvalue weighted by atomic mass is 15.3. The van der Waals surface area contributed by atoms with Crippen molar-refractivity contribution in [2.45, 2.75) is 32.2 Å². The van der Waals surface area contributed by atoms with Gasteiger partial charge in [0.25, 0.3) is 0 Å². The Kier molecular flexibility index (Phi) is 4.11. The fraction of sp³-hybridized carbons (Fsp3) is 1.00. The zero-order chi connectivity index (χ0) is 12.5. The highest BCUT2D eigenvalue weighted by molar-refractivity contribution is 4.98. The summed E-state index contributed by atoms with van der Waals surface area (Å²) in [5.41, 5.74) is 0.480. The Labute approximate surface area is 107 Å². The quantitative estimate of drug-likeness (QED) is 0.720. The number of nitrogens with zero attached hydrogens (tertiary/aromatic N) is 3. The molecular formula is C14H29N3. The van der Waals surface area contributed by atoms with Gasteiger partial charge in [-0.1, -0.05) is 13.8 Å². The van der Waals surface area contributed by atoms with Crippen LogP contribution in [-0.4, -0.2) is 73.6 Å². The predicted molar refractivity (Wildman–Crippen MR) is 73.4 cm³/mol. The Morgan fingerprint density at radius 2 is 1.24 bits per heavy atom. The van der Waals surface area contributed by atoms with Crippen molar-refractivity contribution >= 4 is 0 Å². The van der Waals surface area contributed by atoms with Gasteiger partial charge in [0.05, 0.1) is 0 Å². The molecule has 0 spiro atoms. The van der Waals surface area contributed by atoms with Crippen LogP contribution in [0.5, 0.6) is 0 Å². The van der Waals surface area contributed by atoms with E-state index in [1.165, 1.54) is 52.1 Å². The van der Waals surface area contributed by atoms with E-state index >= 15 is 0 Å². The second-order valence-electron chi connectivity index (χ2n) is 6.35. The first-order valence-electron chi connectivity index (χ1n) is 7.17. The van der Waals surface area contributed by atoms with Crippen LogP contribution in [0.3, 0.4) is 0 Å². The SMILES string of the molecule is CC(C)C1(N2CCN(C)CC2)CCN(C)CC1. The van der Waals surface area contributed by atoms with E-state index in [-0.39, 0.29) is 0 Å². The standard InChI is InChI=1S/C14H29N3/c1-13(2)14(5-7-15(3)8-6-14)17-11-9-16(4)10-12-17/h13H,5-12H2,1-4H3. The third-order valence-electron chi connectivity index (χ3n) is 5.06. The highest BCUT2D eigenvalue weighted by Crippen LogP contribution is 2.36. The molecule has 0 aromatic carbocycles. The van der Waals surface area contributed by atoms with Crippen LogP contribution in [0.15, 0.2) is 0 Å². The monoisotopic (exact) mass is 239 g/mol. The smallest absolute Gasteiger partial charge is 0.0257 e. The summed E-state index contributed by atoms with van der Waals surface area (Å²) in [7, 11) is 4.50. The molecule has 100 valence electrons. The van der Waals surface area contributed by atoms with E-state index in [0.717, 1.165) is 5.92 Å². The summed E-state index contributed by atoms with van der Waals surface area (Å²) in [5, 5.41) is 0. The van der Waals surface area contributed by atoms with E-state index in [2.05, 4.69) is 42.6 Å². The number of likely N-dealkylation sites (N-methyl/N-ethyl adjacent to an activating group) is 1. The van der Waals surface area contributed by atoms with Crippen LogP contribution in [0.2, 0.25) is 0 Å². The molecule has 2 saturated heterocycles. The lowest BCUT2D eigenvalue weighted by Crippen LogP contribution is -2.62. The van der Waals surface area contributed by atoms with Gasteiger partial charge in [0, 0.05) is 31.7 Å². The van der Waals surface area contributed by atoms with Gasteiger partial charge in [-0.05, 0) is 45.9 Å². The average Bonchev–Trinajstić information content (AvgIpc) is 2.31. The van der Waals surface area contributed by atoms with Crippen molar-refractivity contribution in [3.63, 3.8) is 0 Å². The molecule has 2 aliphatic heterocycles. The minimum absolute atomic E-state index is 0.480. The predicted octanol–water partition coefficient (Wildman–Crippen LogP) is 1.35. The van der Waals surface area contributed by atoms with Crippen LogP contribution < -0.4 is 0 Å². The minimum Gasteiger partial charge on any atom is -0.306 e. The molecule has 0 saturated carbocycles. The van der Waals surface area contributed by atoms with Crippen molar-refractivity contribution in [3.05, 3.63) is 0 Å². The van der Waals surface area contributed by atoms with E-state index < -0.39 is 0 Å². The van der Waals surface area contributed by atoms with Crippen molar-refractivity contribution in [2.24, 2.45) is 5.92 Å². The number of piperidine rings is 1. The van der Waals surface area contributed by atoms with Crippen LogP contribution in [0.25, 0.3) is 0 Å². The molecule has 0 bridgehead atoms. The van der Waals surface area contributed by atoms with E-state index in [4.69, 9.17) is 0 Å². The Bertz CT molecular complexity index is 236. The zero-order valence-corrected chi connectivity index (χ0v) is 12.1. The number of hydrogen-bond donors (Lipinski definition) is 0. The first-order chi connectivity index (χ1) is 8.04. The third kappa shape index (κ3) is 2.67. The summed E-state index contributed by atoms with van der Waals surface area (Å²) < 4.78 is 0. The third-order valence-corrected chi connectivity index (χ3v) is 5.06. The second kappa shape index (κ2) is 5.25. The molecule has 2 rings (SSSR count). The lowest BCUT2D eigenvalue weighted by atomic mass is 9.76. The summed E-state index contributed by atoms with van der Waals surface area (Å²) in [6.45, 7) is 12.4. The number of likely N-dealkylation sites (tertiary alicyclic amines) is 1. The number of hydrogen-bond acceptors (Lipinski definition) is 3. The summed E-state index contributed by atoms with van der Waals surface area (Å²) in [6.07, 6.45) is 2.70. The zero-order valence-electron chi connectivity index (χ0n) is 12.1. The summed E-state index contributed by atoms with van der Waals surface area (Å²) >= 11 is 0. The van der Waals surface area contributed by atoms with Crippen molar-refractivity contribution in [1.82, 2.24) is 14.7 Å². The Hall–Kier alpha value is -0.120. The molecule has 0 aromatic rings. The number of piperazine rings is 1. The summed E-state index contributed by atoms with van der Waals surface area (Å²) in [6, 6.07) is 0. The van der Waals surface area contributed by atoms with E-state index in [0.29, 0.717) is 5.54 Å². The van der Waals surface area contributed by atoms with Crippen molar-refractivity contribution in [3.8, 4) is 0 Å². The van der Waals surface area contributed by atoms with Crippen LogP contribution in [0, 0.1) is 5.92 Å². The molecule has 0 atom stereocenters. The molecule has 0 aromatic heterocycles. The minimum atomic E-state index is 0.480. The number of rotatable bonds is 2. The first-order valence-corrected chi connectivity index (χ1v) is 7.17. The van der Waals surface area contributed by atoms with E-state index in [1.54, 1.807) is 0 Å². The van der Waals surface area contributed by atoms with E-state index in [1.807, 2.05) is 0 Å². The Balaban J connectivity index is 2.06. The van der Waals surface area contributed by atoms with Crippen molar-refractivity contribution in [1.29, 1.82) is 0 Å². The molecule has 0 aliphatic carbocycles. The van der Waals surface area contributed by atoms with Gasteiger partial charge in [-0.15, -0.1) is 0 Å². The molecule has 2 fully saturated rings. The van der Waals surface area contributed by atoms with Crippen LogP contribution in [0.1, 0.15) is 26.7 Å². The Morgan fingerprint density at radius 3 is 1.71 bits per heavy atom. The Morgan fingerprint density at radius 1 is 0.765 bits per heavy atom.